The summed E-state index contributed by atoms with van der Waals surface area (Å²) in [5.74, 6) is 0.838. The molecule has 2 amide bonds. The third-order valence-electron chi connectivity index (χ3n) is 5.18. The summed E-state index contributed by atoms with van der Waals surface area (Å²) < 4.78 is 30.5. The van der Waals surface area contributed by atoms with Crippen LogP contribution in [0.5, 0.6) is 5.75 Å². The van der Waals surface area contributed by atoms with Gasteiger partial charge in [0.25, 0.3) is 0 Å². The Hall–Kier alpha value is -2.54. The molecule has 0 heterocycles. The zero-order chi connectivity index (χ0) is 21.2. The van der Waals surface area contributed by atoms with Crippen LogP contribution in [-0.2, 0) is 16.4 Å². The summed E-state index contributed by atoms with van der Waals surface area (Å²) in [7, 11) is -3.32. The highest BCUT2D eigenvalue weighted by atomic mass is 32.2. The molecule has 7 heteroatoms. The lowest BCUT2D eigenvalue weighted by Crippen LogP contribution is -2.36. The molecule has 0 atom stereocenters. The van der Waals surface area contributed by atoms with E-state index in [0.717, 1.165) is 24.2 Å². The van der Waals surface area contributed by atoms with Gasteiger partial charge in [-0.3, -0.25) is 0 Å². The quantitative estimate of drug-likeness (QED) is 0.588. The fourth-order valence-electron chi connectivity index (χ4n) is 3.56. The predicted octanol–water partition coefficient (Wildman–Crippen LogP) is 4.06. The smallest absolute Gasteiger partial charge is 0.315 e. The Morgan fingerprint density at radius 2 is 1.73 bits per heavy atom. The third-order valence-corrected chi connectivity index (χ3v) is 7.00. The van der Waals surface area contributed by atoms with Crippen molar-refractivity contribution in [3.05, 3.63) is 60.2 Å². The molecule has 0 radical (unpaired) electrons. The minimum absolute atomic E-state index is 0.00214. The van der Waals surface area contributed by atoms with E-state index in [2.05, 4.69) is 10.6 Å². The van der Waals surface area contributed by atoms with Gasteiger partial charge in [0.15, 0.2) is 9.84 Å². The van der Waals surface area contributed by atoms with Gasteiger partial charge in [0, 0.05) is 13.1 Å². The van der Waals surface area contributed by atoms with Crippen LogP contribution >= 0.6 is 0 Å². The molecule has 1 aliphatic rings. The number of carbonyl (C=O) groups excluding carboxylic acids is 1. The summed E-state index contributed by atoms with van der Waals surface area (Å²) in [5.41, 5.74) is 0.963. The summed E-state index contributed by atoms with van der Waals surface area (Å²) in [6, 6.07) is 15.8. The number of amides is 2. The molecule has 2 aromatic rings. The number of rotatable bonds is 9. The summed E-state index contributed by atoms with van der Waals surface area (Å²) >= 11 is 0. The van der Waals surface area contributed by atoms with Crippen LogP contribution in [0.15, 0.2) is 59.5 Å². The van der Waals surface area contributed by atoms with Gasteiger partial charge in [0.1, 0.15) is 5.75 Å². The minimum atomic E-state index is -3.32. The van der Waals surface area contributed by atoms with Crippen molar-refractivity contribution in [3.8, 4) is 5.75 Å². The highest BCUT2D eigenvalue weighted by molar-refractivity contribution is 7.91. The van der Waals surface area contributed by atoms with Gasteiger partial charge in [-0.05, 0) is 61.9 Å². The molecule has 30 heavy (non-hydrogen) atoms. The van der Waals surface area contributed by atoms with E-state index in [4.69, 9.17) is 4.74 Å². The molecule has 2 N–H and O–H groups in total. The average Bonchev–Trinajstić information content (AvgIpc) is 2.77. The van der Waals surface area contributed by atoms with Crippen LogP contribution in [0.1, 0.15) is 44.1 Å². The normalized spacial score (nSPS) is 14.8. The van der Waals surface area contributed by atoms with Crippen LogP contribution in [0.3, 0.4) is 0 Å². The molecule has 162 valence electrons. The second-order valence-electron chi connectivity index (χ2n) is 7.62. The molecule has 3 rings (SSSR count). The Bertz CT molecular complexity index is 910. The lowest BCUT2D eigenvalue weighted by Gasteiger charge is -2.23. The highest BCUT2D eigenvalue weighted by Gasteiger charge is 2.15. The largest absolute Gasteiger partial charge is 0.490 e. The number of hydrogen-bond acceptors (Lipinski definition) is 4. The van der Waals surface area contributed by atoms with Crippen molar-refractivity contribution in [1.29, 1.82) is 0 Å². The molecular formula is C23H30N2O4S. The van der Waals surface area contributed by atoms with Gasteiger partial charge in [0.2, 0.25) is 0 Å². The zero-order valence-corrected chi connectivity index (χ0v) is 18.0. The van der Waals surface area contributed by atoms with Crippen molar-refractivity contribution in [3.63, 3.8) is 0 Å². The van der Waals surface area contributed by atoms with Gasteiger partial charge in [0.05, 0.1) is 16.8 Å². The Morgan fingerprint density at radius 3 is 2.50 bits per heavy atom. The van der Waals surface area contributed by atoms with E-state index >= 15 is 0 Å². The maximum Gasteiger partial charge on any atom is 0.315 e. The number of ether oxygens (including phenoxy) is 1. The molecule has 0 saturated heterocycles. The van der Waals surface area contributed by atoms with Crippen molar-refractivity contribution in [2.24, 2.45) is 0 Å². The minimum Gasteiger partial charge on any atom is -0.490 e. The SMILES string of the molecule is O=C(NCCCS(=O)(=O)c1ccccc1)NCc1cccc(OC2CCCCC2)c1. The Balaban J connectivity index is 1.37. The molecule has 0 aliphatic heterocycles. The number of benzene rings is 2. The first kappa shape index (κ1) is 22.2. The Labute approximate surface area is 178 Å². The summed E-state index contributed by atoms with van der Waals surface area (Å²) in [5, 5.41) is 5.52. The summed E-state index contributed by atoms with van der Waals surface area (Å²) in [4.78, 5) is 12.3. The van der Waals surface area contributed by atoms with E-state index in [9.17, 15) is 13.2 Å². The number of urea groups is 1. The number of hydrogen-bond donors (Lipinski definition) is 2. The fraction of sp³-hybridized carbons (Fsp3) is 0.435. The molecule has 6 nitrogen and oxygen atoms in total. The second-order valence-corrected chi connectivity index (χ2v) is 9.73. The zero-order valence-electron chi connectivity index (χ0n) is 17.2. The molecule has 1 aliphatic carbocycles. The Kier molecular flexibility index (Phi) is 8.13. The lowest BCUT2D eigenvalue weighted by atomic mass is 9.98. The molecule has 1 fully saturated rings. The summed E-state index contributed by atoms with van der Waals surface area (Å²) in [6.07, 6.45) is 6.58. The Morgan fingerprint density at radius 1 is 0.967 bits per heavy atom. The molecule has 2 aromatic carbocycles. The maximum absolute atomic E-state index is 12.2. The van der Waals surface area contributed by atoms with Crippen molar-refractivity contribution in [2.45, 2.75) is 56.1 Å². The van der Waals surface area contributed by atoms with Crippen LogP contribution in [0, 0.1) is 0 Å². The van der Waals surface area contributed by atoms with Gasteiger partial charge in [-0.25, -0.2) is 13.2 Å². The van der Waals surface area contributed by atoms with E-state index in [1.807, 2.05) is 24.3 Å². The van der Waals surface area contributed by atoms with Crippen LogP contribution in [0.2, 0.25) is 0 Å². The molecular weight excluding hydrogens is 400 g/mol. The summed E-state index contributed by atoms with van der Waals surface area (Å²) in [6.45, 7) is 0.679. The third kappa shape index (κ3) is 7.06. The topological polar surface area (TPSA) is 84.5 Å². The van der Waals surface area contributed by atoms with Gasteiger partial charge >= 0.3 is 6.03 Å². The predicted molar refractivity (Wildman–Crippen MR) is 117 cm³/mol. The number of nitrogens with one attached hydrogen (secondary N) is 2. The monoisotopic (exact) mass is 430 g/mol. The van der Waals surface area contributed by atoms with Gasteiger partial charge in [-0.1, -0.05) is 36.8 Å². The molecule has 0 unspecified atom stereocenters. The van der Waals surface area contributed by atoms with Crippen LogP contribution in [-0.4, -0.2) is 32.9 Å². The van der Waals surface area contributed by atoms with Gasteiger partial charge in [-0.15, -0.1) is 0 Å². The van der Waals surface area contributed by atoms with Crippen molar-refractivity contribution < 1.29 is 17.9 Å². The van der Waals surface area contributed by atoms with E-state index in [0.29, 0.717) is 24.4 Å². The number of sulfone groups is 1. The highest BCUT2D eigenvalue weighted by Crippen LogP contribution is 2.23. The fourth-order valence-corrected chi connectivity index (χ4v) is 4.89. The maximum atomic E-state index is 12.2. The number of carbonyl (C=O) groups is 1. The van der Waals surface area contributed by atoms with Crippen molar-refractivity contribution in [2.75, 3.05) is 12.3 Å². The van der Waals surface area contributed by atoms with E-state index in [-0.39, 0.29) is 17.9 Å². The van der Waals surface area contributed by atoms with E-state index < -0.39 is 9.84 Å². The van der Waals surface area contributed by atoms with E-state index in [1.54, 1.807) is 30.3 Å². The standard InChI is InChI=1S/C23H30N2O4S/c26-23(24-15-8-16-30(27,28)22-13-5-2-6-14-22)25-18-19-9-7-12-21(17-19)29-20-10-3-1-4-11-20/h2,5-7,9,12-14,17,20H,1,3-4,8,10-11,15-16,18H2,(H2,24,25,26). The van der Waals surface area contributed by atoms with Crippen LogP contribution < -0.4 is 15.4 Å². The first-order valence-electron chi connectivity index (χ1n) is 10.6. The molecule has 0 aromatic heterocycles. The van der Waals surface area contributed by atoms with Gasteiger partial charge in [-0.2, -0.15) is 0 Å². The van der Waals surface area contributed by atoms with Crippen LogP contribution in [0.25, 0.3) is 0 Å². The average molecular weight is 431 g/mol. The van der Waals surface area contributed by atoms with Crippen LogP contribution in [0.4, 0.5) is 4.79 Å². The molecule has 1 saturated carbocycles. The van der Waals surface area contributed by atoms with Crippen molar-refractivity contribution >= 4 is 15.9 Å². The second kappa shape index (κ2) is 11.0. The molecule has 0 bridgehead atoms. The van der Waals surface area contributed by atoms with Crippen molar-refractivity contribution in [1.82, 2.24) is 10.6 Å². The first-order valence-corrected chi connectivity index (χ1v) is 12.2. The first-order chi connectivity index (χ1) is 14.5. The van der Waals surface area contributed by atoms with E-state index in [1.165, 1.54) is 19.3 Å². The van der Waals surface area contributed by atoms with Gasteiger partial charge < -0.3 is 15.4 Å². The lowest BCUT2D eigenvalue weighted by molar-refractivity contribution is 0.155. The molecule has 0 spiro atoms.